The molecule has 0 spiro atoms. The molecular formula is C14H20N2O3. The lowest BCUT2D eigenvalue weighted by Crippen LogP contribution is -2.50. The van der Waals surface area contributed by atoms with Crippen molar-refractivity contribution in [3.63, 3.8) is 0 Å². The quantitative estimate of drug-likeness (QED) is 0.823. The molecule has 1 heterocycles. The second-order valence-corrected chi connectivity index (χ2v) is 5.33. The number of nitrogens with zero attached hydrogens (tertiary/aromatic N) is 1. The normalized spacial score (nSPS) is 18.2. The molecule has 0 saturated carbocycles. The molecule has 1 saturated heterocycles. The third-order valence-corrected chi connectivity index (χ3v) is 3.12. The Labute approximate surface area is 113 Å². The number of hydrogen-bond donors (Lipinski definition) is 1. The lowest BCUT2D eigenvalue weighted by Gasteiger charge is -2.38. The fourth-order valence-electron chi connectivity index (χ4n) is 2.24. The lowest BCUT2D eigenvalue weighted by atomic mass is 10.1. The fraction of sp³-hybridized carbons (Fsp3) is 0.500. The van der Waals surface area contributed by atoms with Gasteiger partial charge >= 0.3 is 0 Å². The van der Waals surface area contributed by atoms with Gasteiger partial charge in [-0.2, -0.15) is 0 Å². The molecule has 5 heteroatoms. The highest BCUT2D eigenvalue weighted by Gasteiger charge is 2.30. The first kappa shape index (κ1) is 13.7. The van der Waals surface area contributed by atoms with Crippen molar-refractivity contribution in [2.24, 2.45) is 0 Å². The predicted octanol–water partition coefficient (Wildman–Crippen LogP) is 1.53. The van der Waals surface area contributed by atoms with E-state index in [1.165, 1.54) is 0 Å². The summed E-state index contributed by atoms with van der Waals surface area (Å²) in [5.74, 6) is 0.554. The van der Waals surface area contributed by atoms with Crippen LogP contribution in [0.2, 0.25) is 0 Å². The average Bonchev–Trinajstić information content (AvgIpc) is 2.35. The molecule has 1 aromatic carbocycles. The smallest absolute Gasteiger partial charge is 0.254 e. The summed E-state index contributed by atoms with van der Waals surface area (Å²) in [5.41, 5.74) is 6.55. The van der Waals surface area contributed by atoms with Crippen LogP contribution in [0.3, 0.4) is 0 Å². The number of amides is 1. The standard InChI is InChI=1S/C14H20N2O3/c1-14(2)9-16(4-5-19-14)13(17)10-6-11(15)8-12(7-10)18-3/h6-8H,4-5,9,15H2,1-3H3. The van der Waals surface area contributed by atoms with Crippen LogP contribution in [0.4, 0.5) is 5.69 Å². The second-order valence-electron chi connectivity index (χ2n) is 5.33. The van der Waals surface area contributed by atoms with E-state index in [1.807, 2.05) is 13.8 Å². The van der Waals surface area contributed by atoms with Crippen molar-refractivity contribution < 1.29 is 14.3 Å². The second kappa shape index (κ2) is 5.09. The number of carbonyl (C=O) groups excluding carboxylic acids is 1. The van der Waals surface area contributed by atoms with Crippen LogP contribution in [-0.2, 0) is 4.74 Å². The summed E-state index contributed by atoms with van der Waals surface area (Å²) in [5, 5.41) is 0. The zero-order valence-electron chi connectivity index (χ0n) is 11.6. The highest BCUT2D eigenvalue weighted by atomic mass is 16.5. The van der Waals surface area contributed by atoms with E-state index >= 15 is 0 Å². The van der Waals surface area contributed by atoms with Gasteiger partial charge in [-0.3, -0.25) is 4.79 Å². The molecule has 19 heavy (non-hydrogen) atoms. The van der Waals surface area contributed by atoms with Crippen LogP contribution in [0.5, 0.6) is 5.75 Å². The van der Waals surface area contributed by atoms with Crippen molar-refractivity contribution in [1.82, 2.24) is 4.90 Å². The summed E-state index contributed by atoms with van der Waals surface area (Å²) in [6.45, 7) is 5.68. The molecule has 1 aliphatic heterocycles. The molecule has 0 aliphatic carbocycles. The third kappa shape index (κ3) is 3.17. The molecule has 5 nitrogen and oxygen atoms in total. The third-order valence-electron chi connectivity index (χ3n) is 3.12. The highest BCUT2D eigenvalue weighted by Crippen LogP contribution is 2.22. The maximum atomic E-state index is 12.5. The van der Waals surface area contributed by atoms with Gasteiger partial charge in [0.05, 0.1) is 19.3 Å². The van der Waals surface area contributed by atoms with E-state index < -0.39 is 0 Å². The summed E-state index contributed by atoms with van der Waals surface area (Å²) in [6.07, 6.45) is 0. The molecule has 1 amide bonds. The van der Waals surface area contributed by atoms with Gasteiger partial charge in [-0.1, -0.05) is 0 Å². The van der Waals surface area contributed by atoms with Crippen LogP contribution in [0.15, 0.2) is 18.2 Å². The average molecular weight is 264 g/mol. The number of nitrogens with two attached hydrogens (primary N) is 1. The first-order valence-electron chi connectivity index (χ1n) is 6.29. The van der Waals surface area contributed by atoms with Gasteiger partial charge in [0.1, 0.15) is 5.75 Å². The minimum Gasteiger partial charge on any atom is -0.497 e. The van der Waals surface area contributed by atoms with Crippen molar-refractivity contribution in [1.29, 1.82) is 0 Å². The Morgan fingerprint density at radius 3 is 2.79 bits per heavy atom. The van der Waals surface area contributed by atoms with Gasteiger partial charge in [0.25, 0.3) is 5.91 Å². The summed E-state index contributed by atoms with van der Waals surface area (Å²) < 4.78 is 10.7. The number of rotatable bonds is 2. The Bertz CT molecular complexity index is 486. The fourth-order valence-corrected chi connectivity index (χ4v) is 2.24. The van der Waals surface area contributed by atoms with Gasteiger partial charge in [-0.25, -0.2) is 0 Å². The molecular weight excluding hydrogens is 244 g/mol. The van der Waals surface area contributed by atoms with Crippen molar-refractivity contribution in [2.45, 2.75) is 19.4 Å². The van der Waals surface area contributed by atoms with E-state index in [0.717, 1.165) is 0 Å². The largest absolute Gasteiger partial charge is 0.497 e. The first-order chi connectivity index (χ1) is 8.91. The number of methoxy groups -OCH3 is 1. The predicted molar refractivity (Wildman–Crippen MR) is 73.3 cm³/mol. The zero-order chi connectivity index (χ0) is 14.0. The maximum Gasteiger partial charge on any atom is 0.254 e. The summed E-state index contributed by atoms with van der Waals surface area (Å²) in [6, 6.07) is 5.08. The van der Waals surface area contributed by atoms with Crippen LogP contribution in [0, 0.1) is 0 Å². The van der Waals surface area contributed by atoms with E-state index in [1.54, 1.807) is 30.2 Å². The minimum absolute atomic E-state index is 0.0398. The minimum atomic E-state index is -0.307. The number of nitrogen functional groups attached to an aromatic ring is 1. The molecule has 0 aromatic heterocycles. The van der Waals surface area contributed by atoms with E-state index in [9.17, 15) is 4.79 Å². The topological polar surface area (TPSA) is 64.8 Å². The number of ether oxygens (including phenoxy) is 2. The van der Waals surface area contributed by atoms with Gasteiger partial charge < -0.3 is 20.1 Å². The molecule has 2 N–H and O–H groups in total. The first-order valence-corrected chi connectivity index (χ1v) is 6.29. The number of anilines is 1. The number of hydrogen-bond acceptors (Lipinski definition) is 4. The molecule has 0 unspecified atom stereocenters. The molecule has 0 radical (unpaired) electrons. The van der Waals surface area contributed by atoms with Crippen LogP contribution < -0.4 is 10.5 Å². The van der Waals surface area contributed by atoms with Crippen molar-refractivity contribution >= 4 is 11.6 Å². The molecule has 1 fully saturated rings. The van der Waals surface area contributed by atoms with Gasteiger partial charge in [0.2, 0.25) is 0 Å². The molecule has 104 valence electrons. The van der Waals surface area contributed by atoms with E-state index in [0.29, 0.717) is 36.7 Å². The van der Waals surface area contributed by atoms with E-state index in [2.05, 4.69) is 0 Å². The van der Waals surface area contributed by atoms with E-state index in [-0.39, 0.29) is 11.5 Å². The van der Waals surface area contributed by atoms with Crippen LogP contribution >= 0.6 is 0 Å². The highest BCUT2D eigenvalue weighted by molar-refractivity contribution is 5.95. The Balaban J connectivity index is 2.21. The zero-order valence-corrected chi connectivity index (χ0v) is 11.6. The molecule has 1 aliphatic rings. The maximum absolute atomic E-state index is 12.5. The SMILES string of the molecule is COc1cc(N)cc(C(=O)N2CCOC(C)(C)C2)c1. The van der Waals surface area contributed by atoms with Crippen molar-refractivity contribution in [2.75, 3.05) is 32.5 Å². The lowest BCUT2D eigenvalue weighted by molar-refractivity contribution is -0.0764. The Hall–Kier alpha value is -1.75. The van der Waals surface area contributed by atoms with E-state index in [4.69, 9.17) is 15.2 Å². The summed E-state index contributed by atoms with van der Waals surface area (Å²) in [7, 11) is 1.56. The van der Waals surface area contributed by atoms with Crippen LogP contribution in [0.1, 0.15) is 24.2 Å². The number of carbonyl (C=O) groups is 1. The Kier molecular flexibility index (Phi) is 3.66. The molecule has 2 rings (SSSR count). The number of morpholine rings is 1. The monoisotopic (exact) mass is 264 g/mol. The Morgan fingerprint density at radius 2 is 2.16 bits per heavy atom. The molecule has 1 aromatic rings. The van der Waals surface area contributed by atoms with Crippen LogP contribution in [-0.4, -0.2) is 43.2 Å². The van der Waals surface area contributed by atoms with Gasteiger partial charge in [-0.15, -0.1) is 0 Å². The summed E-state index contributed by atoms with van der Waals surface area (Å²) >= 11 is 0. The molecule has 0 atom stereocenters. The van der Waals surface area contributed by atoms with Crippen molar-refractivity contribution in [3.05, 3.63) is 23.8 Å². The molecule has 0 bridgehead atoms. The Morgan fingerprint density at radius 1 is 1.42 bits per heavy atom. The van der Waals surface area contributed by atoms with Crippen LogP contribution in [0.25, 0.3) is 0 Å². The van der Waals surface area contributed by atoms with Gasteiger partial charge in [0, 0.05) is 30.4 Å². The van der Waals surface area contributed by atoms with Gasteiger partial charge in [0.15, 0.2) is 0 Å². The van der Waals surface area contributed by atoms with Crippen molar-refractivity contribution in [3.8, 4) is 5.75 Å². The summed E-state index contributed by atoms with van der Waals surface area (Å²) in [4.78, 5) is 14.3. The number of benzene rings is 1. The van der Waals surface area contributed by atoms with Gasteiger partial charge in [-0.05, 0) is 26.0 Å².